The van der Waals surface area contributed by atoms with Crippen molar-refractivity contribution in [2.75, 3.05) is 11.6 Å². The van der Waals surface area contributed by atoms with Gasteiger partial charge < -0.3 is 20.3 Å². The molecule has 9 heteroatoms. The molecule has 1 atom stereocenters. The Morgan fingerprint density at radius 3 is 2.80 bits per heavy atom. The Balaban J connectivity index is 1.56. The van der Waals surface area contributed by atoms with Crippen LogP contribution in [0, 0.1) is 6.92 Å². The molecular weight excluding hydrogens is 402 g/mol. The smallest absolute Gasteiger partial charge is 0.231 e. The summed E-state index contributed by atoms with van der Waals surface area (Å²) in [7, 11) is 0. The van der Waals surface area contributed by atoms with Crippen molar-refractivity contribution in [1.29, 1.82) is 0 Å². The SMILES string of the molecule is Cc1ccc(C(C)C)c(OCc2nnc(SCC(=O)NC(C)c3ccco3)n2N)c1. The molecule has 1 amide bonds. The first kappa shape index (κ1) is 21.8. The standard InChI is InChI=1S/C21H27N5O3S/c1-13(2)16-8-7-14(3)10-18(16)29-11-19-24-25-21(26(19)22)30-12-20(27)23-15(4)17-6-5-9-28-17/h5-10,13,15H,11-12,22H2,1-4H3,(H,23,27). The highest BCUT2D eigenvalue weighted by atomic mass is 32.2. The van der Waals surface area contributed by atoms with Crippen molar-refractivity contribution in [2.24, 2.45) is 0 Å². The number of aromatic nitrogens is 3. The minimum atomic E-state index is -0.211. The third kappa shape index (κ3) is 5.35. The summed E-state index contributed by atoms with van der Waals surface area (Å²) in [6, 6.07) is 9.55. The molecule has 0 aliphatic rings. The zero-order valence-electron chi connectivity index (χ0n) is 17.6. The Labute approximate surface area is 180 Å². The number of rotatable bonds is 9. The molecule has 0 saturated heterocycles. The average Bonchev–Trinajstić information content (AvgIpc) is 3.35. The highest BCUT2D eigenvalue weighted by molar-refractivity contribution is 7.99. The van der Waals surface area contributed by atoms with Crippen molar-refractivity contribution in [3.63, 3.8) is 0 Å². The van der Waals surface area contributed by atoms with Crippen LogP contribution in [0.5, 0.6) is 5.75 Å². The van der Waals surface area contributed by atoms with Crippen LogP contribution in [0.4, 0.5) is 0 Å². The Morgan fingerprint density at radius 1 is 1.30 bits per heavy atom. The van der Waals surface area contributed by atoms with Gasteiger partial charge in [-0.2, -0.15) is 0 Å². The zero-order valence-corrected chi connectivity index (χ0v) is 18.4. The maximum absolute atomic E-state index is 12.2. The van der Waals surface area contributed by atoms with E-state index in [1.807, 2.05) is 26.0 Å². The number of nitrogen functional groups attached to an aromatic ring is 1. The van der Waals surface area contributed by atoms with Crippen LogP contribution in [0.2, 0.25) is 0 Å². The molecule has 2 heterocycles. The molecule has 160 valence electrons. The molecule has 0 spiro atoms. The second-order valence-electron chi connectivity index (χ2n) is 7.35. The summed E-state index contributed by atoms with van der Waals surface area (Å²) in [5, 5.41) is 11.5. The van der Waals surface area contributed by atoms with E-state index in [0.29, 0.717) is 22.7 Å². The first-order valence-electron chi connectivity index (χ1n) is 9.73. The summed E-state index contributed by atoms with van der Waals surface area (Å²) in [4.78, 5) is 12.2. The van der Waals surface area contributed by atoms with Gasteiger partial charge >= 0.3 is 0 Å². The van der Waals surface area contributed by atoms with E-state index in [4.69, 9.17) is 15.0 Å². The Bertz CT molecular complexity index is 985. The third-order valence-corrected chi connectivity index (χ3v) is 5.51. The second-order valence-corrected chi connectivity index (χ2v) is 8.29. The molecule has 30 heavy (non-hydrogen) atoms. The number of ether oxygens (including phenoxy) is 1. The molecule has 1 unspecified atom stereocenters. The Kier molecular flexibility index (Phi) is 7.04. The van der Waals surface area contributed by atoms with E-state index < -0.39 is 0 Å². The number of carbonyl (C=O) groups excluding carboxylic acids is 1. The molecule has 0 radical (unpaired) electrons. The normalized spacial score (nSPS) is 12.2. The third-order valence-electron chi connectivity index (χ3n) is 4.56. The molecule has 3 N–H and O–H groups in total. The fraction of sp³-hybridized carbons (Fsp3) is 0.381. The van der Waals surface area contributed by atoms with Crippen LogP contribution < -0.4 is 15.9 Å². The lowest BCUT2D eigenvalue weighted by atomic mass is 10.0. The van der Waals surface area contributed by atoms with Crippen LogP contribution in [-0.2, 0) is 11.4 Å². The summed E-state index contributed by atoms with van der Waals surface area (Å²) in [5.74, 6) is 8.46. The van der Waals surface area contributed by atoms with Crippen molar-refractivity contribution in [2.45, 2.75) is 51.4 Å². The van der Waals surface area contributed by atoms with E-state index in [2.05, 4.69) is 41.5 Å². The number of thioether (sulfide) groups is 1. The van der Waals surface area contributed by atoms with Crippen molar-refractivity contribution in [3.05, 3.63) is 59.3 Å². The Morgan fingerprint density at radius 2 is 2.10 bits per heavy atom. The molecule has 0 fully saturated rings. The molecule has 8 nitrogen and oxygen atoms in total. The molecular formula is C21H27N5O3S. The van der Waals surface area contributed by atoms with E-state index in [1.165, 1.54) is 16.4 Å². The van der Waals surface area contributed by atoms with Gasteiger partial charge in [0.2, 0.25) is 11.1 Å². The van der Waals surface area contributed by atoms with Gasteiger partial charge in [0, 0.05) is 0 Å². The van der Waals surface area contributed by atoms with Gasteiger partial charge in [-0.1, -0.05) is 37.7 Å². The molecule has 2 aromatic heterocycles. The van der Waals surface area contributed by atoms with Gasteiger partial charge in [-0.15, -0.1) is 10.2 Å². The number of hydrogen-bond acceptors (Lipinski definition) is 7. The number of aryl methyl sites for hydroxylation is 1. The lowest BCUT2D eigenvalue weighted by molar-refractivity contribution is -0.119. The van der Waals surface area contributed by atoms with E-state index in [-0.39, 0.29) is 24.3 Å². The number of hydrogen-bond donors (Lipinski definition) is 2. The van der Waals surface area contributed by atoms with Crippen molar-refractivity contribution >= 4 is 17.7 Å². The van der Waals surface area contributed by atoms with Gasteiger partial charge in [-0.25, -0.2) is 4.68 Å². The van der Waals surface area contributed by atoms with Gasteiger partial charge in [0.25, 0.3) is 0 Å². The summed E-state index contributed by atoms with van der Waals surface area (Å²) < 4.78 is 12.6. The first-order chi connectivity index (χ1) is 14.3. The molecule has 1 aromatic carbocycles. The number of nitrogens with two attached hydrogens (primary N) is 1. The van der Waals surface area contributed by atoms with Crippen LogP contribution in [0.15, 0.2) is 46.2 Å². The molecule has 0 saturated carbocycles. The number of carbonyl (C=O) groups is 1. The topological polar surface area (TPSA) is 108 Å². The number of furan rings is 1. The quantitative estimate of drug-likeness (QED) is 0.395. The maximum Gasteiger partial charge on any atom is 0.231 e. The predicted octanol–water partition coefficient (Wildman–Crippen LogP) is 3.57. The van der Waals surface area contributed by atoms with E-state index in [0.717, 1.165) is 16.9 Å². The number of benzene rings is 1. The fourth-order valence-electron chi connectivity index (χ4n) is 2.91. The van der Waals surface area contributed by atoms with Gasteiger partial charge in [0.15, 0.2) is 5.82 Å². The van der Waals surface area contributed by atoms with Crippen LogP contribution in [0.25, 0.3) is 0 Å². The molecule has 3 rings (SSSR count). The number of amides is 1. The van der Waals surface area contributed by atoms with Crippen LogP contribution in [-0.4, -0.2) is 26.5 Å². The van der Waals surface area contributed by atoms with E-state index in [9.17, 15) is 4.79 Å². The van der Waals surface area contributed by atoms with Crippen LogP contribution in [0.3, 0.4) is 0 Å². The highest BCUT2D eigenvalue weighted by Gasteiger charge is 2.16. The monoisotopic (exact) mass is 429 g/mol. The van der Waals surface area contributed by atoms with E-state index >= 15 is 0 Å². The lowest BCUT2D eigenvalue weighted by Gasteiger charge is -2.14. The van der Waals surface area contributed by atoms with Crippen LogP contribution >= 0.6 is 11.8 Å². The number of nitrogens with zero attached hydrogens (tertiary/aromatic N) is 3. The summed E-state index contributed by atoms with van der Waals surface area (Å²) in [6.45, 7) is 8.31. The summed E-state index contributed by atoms with van der Waals surface area (Å²) in [6.07, 6.45) is 1.58. The number of nitrogens with one attached hydrogen (secondary N) is 1. The second kappa shape index (κ2) is 9.71. The van der Waals surface area contributed by atoms with Crippen LogP contribution in [0.1, 0.15) is 55.4 Å². The van der Waals surface area contributed by atoms with Crippen molar-refractivity contribution in [1.82, 2.24) is 20.2 Å². The van der Waals surface area contributed by atoms with Gasteiger partial charge in [-0.3, -0.25) is 4.79 Å². The van der Waals surface area contributed by atoms with Gasteiger partial charge in [-0.05, 0) is 49.1 Å². The minimum Gasteiger partial charge on any atom is -0.485 e. The van der Waals surface area contributed by atoms with Crippen molar-refractivity contribution < 1.29 is 13.9 Å². The molecule has 3 aromatic rings. The largest absolute Gasteiger partial charge is 0.485 e. The molecule has 0 bridgehead atoms. The van der Waals surface area contributed by atoms with Gasteiger partial charge in [0.1, 0.15) is 18.1 Å². The zero-order chi connectivity index (χ0) is 21.7. The van der Waals surface area contributed by atoms with Gasteiger partial charge in [0.05, 0.1) is 18.1 Å². The maximum atomic E-state index is 12.2. The lowest BCUT2D eigenvalue weighted by Crippen LogP contribution is -2.28. The average molecular weight is 430 g/mol. The predicted molar refractivity (Wildman–Crippen MR) is 116 cm³/mol. The van der Waals surface area contributed by atoms with Crippen molar-refractivity contribution in [3.8, 4) is 5.75 Å². The Hall–Kier alpha value is -2.94. The summed E-state index contributed by atoms with van der Waals surface area (Å²) in [5.41, 5.74) is 2.25. The van der Waals surface area contributed by atoms with E-state index in [1.54, 1.807) is 12.3 Å². The first-order valence-corrected chi connectivity index (χ1v) is 10.7. The molecule has 0 aliphatic carbocycles. The minimum absolute atomic E-state index is 0.147. The highest BCUT2D eigenvalue weighted by Crippen LogP contribution is 2.28. The fourth-order valence-corrected chi connectivity index (χ4v) is 3.60. The summed E-state index contributed by atoms with van der Waals surface area (Å²) >= 11 is 1.21. The molecule has 0 aliphatic heterocycles.